The summed E-state index contributed by atoms with van der Waals surface area (Å²) in [6.07, 6.45) is 0.0745. The summed E-state index contributed by atoms with van der Waals surface area (Å²) in [7, 11) is 2.09. The van der Waals surface area contributed by atoms with Gasteiger partial charge in [0.2, 0.25) is 0 Å². The first-order chi connectivity index (χ1) is 8.70. The molecule has 2 atom stereocenters. The molecule has 0 spiro atoms. The Kier molecular flexibility index (Phi) is 4.69. The second kappa shape index (κ2) is 6.27. The number of halogens is 1. The molecule has 3 nitrogen and oxygen atoms in total. The van der Waals surface area contributed by atoms with Crippen LogP contribution < -0.4 is 5.32 Å². The predicted octanol–water partition coefficient (Wildman–Crippen LogP) is 1.81. The molecule has 18 heavy (non-hydrogen) atoms. The number of nitrogens with zero attached hydrogens (tertiary/aromatic N) is 1. The fraction of sp³-hybridized carbons (Fsp3) is 0.571. The molecule has 1 aromatic rings. The predicted molar refractivity (Wildman–Crippen MR) is 70.1 cm³/mol. The van der Waals surface area contributed by atoms with Crippen molar-refractivity contribution in [2.45, 2.75) is 19.1 Å². The van der Waals surface area contributed by atoms with Gasteiger partial charge in [-0.2, -0.15) is 0 Å². The molecule has 1 fully saturated rings. The van der Waals surface area contributed by atoms with Crippen molar-refractivity contribution in [2.75, 3.05) is 33.3 Å². The zero-order chi connectivity index (χ0) is 13.0. The van der Waals surface area contributed by atoms with Gasteiger partial charge in [0.1, 0.15) is 5.82 Å². The van der Waals surface area contributed by atoms with Crippen molar-refractivity contribution in [2.24, 2.45) is 0 Å². The zero-order valence-electron chi connectivity index (χ0n) is 11.0. The van der Waals surface area contributed by atoms with Crippen LogP contribution in [0, 0.1) is 5.82 Å². The van der Waals surface area contributed by atoms with Crippen LogP contribution in [0.1, 0.15) is 18.5 Å². The molecule has 1 saturated heterocycles. The van der Waals surface area contributed by atoms with Crippen molar-refractivity contribution in [1.29, 1.82) is 0 Å². The Morgan fingerprint density at radius 3 is 3.06 bits per heavy atom. The second-order valence-corrected chi connectivity index (χ2v) is 4.76. The summed E-state index contributed by atoms with van der Waals surface area (Å²) in [6, 6.07) is 6.81. The van der Waals surface area contributed by atoms with Gasteiger partial charge in [-0.05, 0) is 31.3 Å². The molecule has 2 rings (SSSR count). The highest BCUT2D eigenvalue weighted by Gasteiger charge is 2.27. The van der Waals surface area contributed by atoms with Crippen LogP contribution in [0.2, 0.25) is 0 Å². The Bertz CT molecular complexity index is 386. The van der Waals surface area contributed by atoms with Crippen LogP contribution in [0.5, 0.6) is 0 Å². The molecule has 100 valence electrons. The monoisotopic (exact) mass is 252 g/mol. The van der Waals surface area contributed by atoms with Crippen LogP contribution in [-0.4, -0.2) is 44.3 Å². The molecule has 0 aliphatic carbocycles. The second-order valence-electron chi connectivity index (χ2n) is 4.76. The van der Waals surface area contributed by atoms with E-state index in [9.17, 15) is 4.39 Å². The molecule has 1 N–H and O–H groups in total. The number of hydrogen-bond acceptors (Lipinski definition) is 3. The van der Waals surface area contributed by atoms with Crippen LogP contribution in [0.15, 0.2) is 24.3 Å². The van der Waals surface area contributed by atoms with Crippen molar-refractivity contribution in [3.05, 3.63) is 35.6 Å². The maximum Gasteiger partial charge on any atom is 0.123 e. The first-order valence-corrected chi connectivity index (χ1v) is 6.49. The van der Waals surface area contributed by atoms with Gasteiger partial charge in [0.15, 0.2) is 0 Å². The lowest BCUT2D eigenvalue weighted by atomic mass is 10.00. The van der Waals surface area contributed by atoms with Gasteiger partial charge < -0.3 is 15.0 Å². The Morgan fingerprint density at radius 2 is 2.39 bits per heavy atom. The number of rotatable bonds is 4. The van der Waals surface area contributed by atoms with E-state index in [0.717, 1.165) is 31.8 Å². The zero-order valence-corrected chi connectivity index (χ0v) is 11.0. The van der Waals surface area contributed by atoms with Crippen LogP contribution >= 0.6 is 0 Å². The van der Waals surface area contributed by atoms with Crippen molar-refractivity contribution in [3.8, 4) is 0 Å². The summed E-state index contributed by atoms with van der Waals surface area (Å²) in [4.78, 5) is 2.25. The molecular formula is C14H21FN2O. The van der Waals surface area contributed by atoms with Crippen LogP contribution in [0.3, 0.4) is 0 Å². The van der Waals surface area contributed by atoms with E-state index in [2.05, 4.69) is 24.2 Å². The molecule has 1 aromatic carbocycles. The minimum Gasteiger partial charge on any atom is -0.374 e. The summed E-state index contributed by atoms with van der Waals surface area (Å²) < 4.78 is 19.2. The van der Waals surface area contributed by atoms with Gasteiger partial charge in [-0.3, -0.25) is 0 Å². The first-order valence-electron chi connectivity index (χ1n) is 6.49. The van der Waals surface area contributed by atoms with Gasteiger partial charge in [-0.1, -0.05) is 19.1 Å². The van der Waals surface area contributed by atoms with E-state index in [1.54, 1.807) is 12.1 Å². The van der Waals surface area contributed by atoms with E-state index >= 15 is 0 Å². The lowest BCUT2D eigenvalue weighted by molar-refractivity contribution is -0.0390. The van der Waals surface area contributed by atoms with Gasteiger partial charge in [0, 0.05) is 13.1 Å². The average Bonchev–Trinajstić information content (AvgIpc) is 2.36. The molecule has 2 unspecified atom stereocenters. The van der Waals surface area contributed by atoms with Crippen LogP contribution in [-0.2, 0) is 4.74 Å². The maximum atomic E-state index is 13.3. The number of ether oxygens (including phenoxy) is 1. The number of likely N-dealkylation sites (N-methyl/N-ethyl adjacent to an activating group) is 2. The van der Waals surface area contributed by atoms with E-state index in [0.29, 0.717) is 0 Å². The first kappa shape index (κ1) is 13.5. The normalized spacial score (nSPS) is 22.9. The topological polar surface area (TPSA) is 24.5 Å². The van der Waals surface area contributed by atoms with Gasteiger partial charge in [-0.25, -0.2) is 4.39 Å². The number of benzene rings is 1. The molecule has 0 aromatic heterocycles. The highest BCUT2D eigenvalue weighted by atomic mass is 19.1. The number of nitrogens with one attached hydrogen (secondary N) is 1. The summed E-state index contributed by atoms with van der Waals surface area (Å²) in [5.74, 6) is -0.195. The third-order valence-corrected chi connectivity index (χ3v) is 3.30. The van der Waals surface area contributed by atoms with E-state index in [-0.39, 0.29) is 18.0 Å². The molecule has 0 amide bonds. The summed E-state index contributed by atoms with van der Waals surface area (Å²) in [6.45, 7) is 5.45. The molecule has 0 bridgehead atoms. The average molecular weight is 252 g/mol. The Morgan fingerprint density at radius 1 is 1.56 bits per heavy atom. The molecule has 4 heteroatoms. The molecule has 0 radical (unpaired) electrons. The molecular weight excluding hydrogens is 231 g/mol. The third kappa shape index (κ3) is 3.28. The summed E-state index contributed by atoms with van der Waals surface area (Å²) >= 11 is 0. The smallest absolute Gasteiger partial charge is 0.123 e. The minimum atomic E-state index is -0.195. The fourth-order valence-corrected chi connectivity index (χ4v) is 2.40. The van der Waals surface area contributed by atoms with E-state index in [1.807, 2.05) is 6.07 Å². The number of hydrogen-bond donors (Lipinski definition) is 1. The molecule has 1 aliphatic heterocycles. The lowest BCUT2D eigenvalue weighted by Gasteiger charge is -2.35. The van der Waals surface area contributed by atoms with E-state index in [4.69, 9.17) is 4.74 Å². The Balaban J connectivity index is 2.16. The lowest BCUT2D eigenvalue weighted by Crippen LogP contribution is -2.46. The van der Waals surface area contributed by atoms with E-state index in [1.165, 1.54) is 6.07 Å². The van der Waals surface area contributed by atoms with Crippen LogP contribution in [0.4, 0.5) is 4.39 Å². The third-order valence-electron chi connectivity index (χ3n) is 3.30. The van der Waals surface area contributed by atoms with Crippen molar-refractivity contribution >= 4 is 0 Å². The highest BCUT2D eigenvalue weighted by Crippen LogP contribution is 2.22. The number of morpholine rings is 1. The standard InChI is InChI=1S/C14H21FN2O/c1-3-16-14(11-5-4-6-12(15)9-11)13-10-17(2)7-8-18-13/h4-6,9,13-14,16H,3,7-8,10H2,1-2H3. The van der Waals surface area contributed by atoms with Gasteiger partial charge >= 0.3 is 0 Å². The fourth-order valence-electron chi connectivity index (χ4n) is 2.40. The molecule has 0 saturated carbocycles. The molecule has 1 heterocycles. The summed E-state index contributed by atoms with van der Waals surface area (Å²) in [5, 5.41) is 3.40. The Labute approximate surface area is 108 Å². The molecule has 1 aliphatic rings. The highest BCUT2D eigenvalue weighted by molar-refractivity contribution is 5.21. The van der Waals surface area contributed by atoms with E-state index < -0.39 is 0 Å². The quantitative estimate of drug-likeness (QED) is 0.884. The SMILES string of the molecule is CCNC(c1cccc(F)c1)C1CN(C)CCO1. The largest absolute Gasteiger partial charge is 0.374 e. The van der Waals surface area contributed by atoms with Gasteiger partial charge in [0.05, 0.1) is 18.8 Å². The van der Waals surface area contributed by atoms with Crippen molar-refractivity contribution in [1.82, 2.24) is 10.2 Å². The minimum absolute atomic E-state index is 0.0495. The van der Waals surface area contributed by atoms with Crippen molar-refractivity contribution < 1.29 is 9.13 Å². The summed E-state index contributed by atoms with van der Waals surface area (Å²) in [5.41, 5.74) is 0.956. The Hall–Kier alpha value is -0.970. The maximum absolute atomic E-state index is 13.3. The van der Waals surface area contributed by atoms with Gasteiger partial charge in [0.25, 0.3) is 0 Å². The van der Waals surface area contributed by atoms with Crippen molar-refractivity contribution in [3.63, 3.8) is 0 Å². The van der Waals surface area contributed by atoms with Gasteiger partial charge in [-0.15, -0.1) is 0 Å². The van der Waals surface area contributed by atoms with Crippen LogP contribution in [0.25, 0.3) is 0 Å².